The van der Waals surface area contributed by atoms with E-state index < -0.39 is 5.97 Å². The number of fused-ring (bicyclic) bond motifs is 1. The average Bonchev–Trinajstić information content (AvgIpc) is 2.88. The Morgan fingerprint density at radius 1 is 1.20 bits per heavy atom. The van der Waals surface area contributed by atoms with Gasteiger partial charge in [-0.25, -0.2) is 4.79 Å². The summed E-state index contributed by atoms with van der Waals surface area (Å²) in [6.45, 7) is 0.204. The van der Waals surface area contributed by atoms with Gasteiger partial charge in [0.1, 0.15) is 0 Å². The van der Waals surface area contributed by atoms with Crippen LogP contribution in [0.25, 0.3) is 0 Å². The fourth-order valence-electron chi connectivity index (χ4n) is 1.99. The first-order valence-corrected chi connectivity index (χ1v) is 5.93. The number of carboxylic acid groups (broad SMARTS) is 1. The second kappa shape index (κ2) is 4.65. The number of nitrogen functional groups attached to an aromatic ring is 1. The third kappa shape index (κ3) is 2.07. The van der Waals surface area contributed by atoms with Crippen LogP contribution in [0.3, 0.4) is 0 Å². The lowest BCUT2D eigenvalue weighted by Gasteiger charge is -2.11. The molecule has 0 unspecified atom stereocenters. The molecule has 0 aliphatic carbocycles. The molecule has 3 rings (SSSR count). The molecule has 2 aromatic rings. The minimum absolute atomic E-state index is 0.0655. The Morgan fingerprint density at radius 2 is 2.00 bits per heavy atom. The van der Waals surface area contributed by atoms with Crippen molar-refractivity contribution < 1.29 is 19.4 Å². The van der Waals surface area contributed by atoms with Gasteiger partial charge >= 0.3 is 5.97 Å². The van der Waals surface area contributed by atoms with Crippen LogP contribution in [0.5, 0.6) is 11.5 Å². The lowest BCUT2D eigenvalue weighted by Crippen LogP contribution is -2.05. The van der Waals surface area contributed by atoms with E-state index in [0.29, 0.717) is 17.2 Å². The number of benzene rings is 2. The van der Waals surface area contributed by atoms with Crippen LogP contribution in [0.2, 0.25) is 0 Å². The number of para-hydroxylation sites is 1. The van der Waals surface area contributed by atoms with Gasteiger partial charge in [-0.3, -0.25) is 0 Å². The standard InChI is InChI=1S/C14H12N2O4/c15-13-9(14(17)18)2-1-3-10(13)16-8-4-5-11-12(6-8)20-7-19-11/h1-6,16H,7,15H2,(H,17,18). The predicted octanol–water partition coefficient (Wildman–Crippen LogP) is 2.44. The van der Waals surface area contributed by atoms with Crippen molar-refractivity contribution in [3.63, 3.8) is 0 Å². The number of carbonyl (C=O) groups is 1. The predicted molar refractivity (Wildman–Crippen MR) is 73.7 cm³/mol. The fraction of sp³-hybridized carbons (Fsp3) is 0.0714. The highest BCUT2D eigenvalue weighted by Gasteiger charge is 2.15. The lowest BCUT2D eigenvalue weighted by atomic mass is 10.1. The van der Waals surface area contributed by atoms with Gasteiger partial charge in [0.25, 0.3) is 0 Å². The molecule has 0 saturated carbocycles. The highest BCUT2D eigenvalue weighted by Crippen LogP contribution is 2.36. The number of nitrogens with one attached hydrogen (secondary N) is 1. The Labute approximate surface area is 114 Å². The van der Waals surface area contributed by atoms with Crippen molar-refractivity contribution in [1.82, 2.24) is 0 Å². The lowest BCUT2D eigenvalue weighted by molar-refractivity contribution is 0.0698. The first-order chi connectivity index (χ1) is 9.65. The summed E-state index contributed by atoms with van der Waals surface area (Å²) in [5.41, 5.74) is 7.37. The molecule has 0 fully saturated rings. The molecule has 1 aliphatic heterocycles. The van der Waals surface area contributed by atoms with E-state index in [2.05, 4.69) is 5.32 Å². The van der Waals surface area contributed by atoms with E-state index in [1.165, 1.54) is 6.07 Å². The molecular formula is C14H12N2O4. The monoisotopic (exact) mass is 272 g/mol. The van der Waals surface area contributed by atoms with Crippen LogP contribution in [0.4, 0.5) is 17.1 Å². The average molecular weight is 272 g/mol. The van der Waals surface area contributed by atoms with E-state index in [9.17, 15) is 4.79 Å². The number of ether oxygens (including phenoxy) is 2. The number of anilines is 3. The van der Waals surface area contributed by atoms with Crippen molar-refractivity contribution in [2.75, 3.05) is 17.8 Å². The topological polar surface area (TPSA) is 93.8 Å². The zero-order chi connectivity index (χ0) is 14.1. The van der Waals surface area contributed by atoms with Gasteiger partial charge in [0, 0.05) is 11.8 Å². The highest BCUT2D eigenvalue weighted by atomic mass is 16.7. The number of hydrogen-bond acceptors (Lipinski definition) is 5. The number of hydrogen-bond donors (Lipinski definition) is 3. The Hall–Kier alpha value is -2.89. The normalized spacial score (nSPS) is 12.2. The van der Waals surface area contributed by atoms with Gasteiger partial charge < -0.3 is 25.6 Å². The SMILES string of the molecule is Nc1c(Nc2ccc3c(c2)OCO3)cccc1C(=O)O. The molecule has 20 heavy (non-hydrogen) atoms. The van der Waals surface area contributed by atoms with Gasteiger partial charge in [0.2, 0.25) is 6.79 Å². The summed E-state index contributed by atoms with van der Waals surface area (Å²) in [6, 6.07) is 10.2. The number of aromatic carboxylic acids is 1. The molecule has 0 amide bonds. The van der Waals surface area contributed by atoms with Crippen LogP contribution in [-0.4, -0.2) is 17.9 Å². The molecule has 6 heteroatoms. The second-order valence-electron chi connectivity index (χ2n) is 4.27. The largest absolute Gasteiger partial charge is 0.478 e. The van der Waals surface area contributed by atoms with Gasteiger partial charge in [0.05, 0.1) is 16.9 Å². The van der Waals surface area contributed by atoms with Crippen LogP contribution in [-0.2, 0) is 0 Å². The van der Waals surface area contributed by atoms with Gasteiger partial charge in [-0.2, -0.15) is 0 Å². The molecule has 1 heterocycles. The summed E-state index contributed by atoms with van der Waals surface area (Å²) in [5.74, 6) is 0.266. The van der Waals surface area contributed by atoms with Crippen LogP contribution < -0.4 is 20.5 Å². The quantitative estimate of drug-likeness (QED) is 0.743. The van der Waals surface area contributed by atoms with Crippen LogP contribution in [0, 0.1) is 0 Å². The molecule has 0 atom stereocenters. The maximum absolute atomic E-state index is 11.0. The van der Waals surface area contributed by atoms with Crippen LogP contribution in [0.1, 0.15) is 10.4 Å². The molecule has 0 spiro atoms. The van der Waals surface area contributed by atoms with Crippen molar-refractivity contribution in [2.24, 2.45) is 0 Å². The third-order valence-electron chi connectivity index (χ3n) is 2.99. The molecular weight excluding hydrogens is 260 g/mol. The maximum Gasteiger partial charge on any atom is 0.337 e. The van der Waals surface area contributed by atoms with Crippen molar-refractivity contribution in [2.45, 2.75) is 0 Å². The molecule has 0 saturated heterocycles. The molecule has 1 aliphatic rings. The summed E-state index contributed by atoms with van der Waals surface area (Å²) in [7, 11) is 0. The highest BCUT2D eigenvalue weighted by molar-refractivity contribution is 5.97. The smallest absolute Gasteiger partial charge is 0.337 e. The van der Waals surface area contributed by atoms with Crippen molar-refractivity contribution >= 4 is 23.0 Å². The molecule has 4 N–H and O–H groups in total. The number of nitrogens with two attached hydrogens (primary N) is 1. The summed E-state index contributed by atoms with van der Waals surface area (Å²) in [5, 5.41) is 12.1. The molecule has 2 aromatic carbocycles. The molecule has 0 radical (unpaired) electrons. The van der Waals surface area contributed by atoms with E-state index in [-0.39, 0.29) is 18.0 Å². The minimum atomic E-state index is -1.06. The van der Waals surface area contributed by atoms with E-state index in [4.69, 9.17) is 20.3 Å². The second-order valence-corrected chi connectivity index (χ2v) is 4.27. The Balaban J connectivity index is 1.92. The number of carboxylic acids is 1. The first-order valence-electron chi connectivity index (χ1n) is 5.93. The van der Waals surface area contributed by atoms with Gasteiger partial charge in [-0.05, 0) is 24.3 Å². The Kier molecular flexibility index (Phi) is 2.83. The van der Waals surface area contributed by atoms with Crippen molar-refractivity contribution in [3.05, 3.63) is 42.0 Å². The van der Waals surface area contributed by atoms with E-state index >= 15 is 0 Å². The van der Waals surface area contributed by atoms with Crippen molar-refractivity contribution in [3.8, 4) is 11.5 Å². The Morgan fingerprint density at radius 3 is 2.80 bits per heavy atom. The zero-order valence-electron chi connectivity index (χ0n) is 10.4. The Bertz CT molecular complexity index is 685. The number of rotatable bonds is 3. The van der Waals surface area contributed by atoms with Crippen LogP contribution in [0.15, 0.2) is 36.4 Å². The van der Waals surface area contributed by atoms with Gasteiger partial charge in [-0.15, -0.1) is 0 Å². The van der Waals surface area contributed by atoms with Crippen molar-refractivity contribution in [1.29, 1.82) is 0 Å². The van der Waals surface area contributed by atoms with Gasteiger partial charge in [0.15, 0.2) is 11.5 Å². The molecule has 0 aromatic heterocycles. The molecule has 6 nitrogen and oxygen atoms in total. The summed E-state index contributed by atoms with van der Waals surface area (Å²) in [4.78, 5) is 11.0. The maximum atomic E-state index is 11.0. The summed E-state index contributed by atoms with van der Waals surface area (Å²) >= 11 is 0. The van der Waals surface area contributed by atoms with Crippen LogP contribution >= 0.6 is 0 Å². The molecule has 0 bridgehead atoms. The fourth-order valence-corrected chi connectivity index (χ4v) is 1.99. The zero-order valence-corrected chi connectivity index (χ0v) is 10.4. The molecule has 102 valence electrons. The van der Waals surface area contributed by atoms with E-state index in [1.807, 2.05) is 0 Å². The van der Waals surface area contributed by atoms with E-state index in [0.717, 1.165) is 5.69 Å². The first kappa shape index (κ1) is 12.2. The minimum Gasteiger partial charge on any atom is -0.478 e. The summed E-state index contributed by atoms with van der Waals surface area (Å²) < 4.78 is 10.5. The summed E-state index contributed by atoms with van der Waals surface area (Å²) in [6.07, 6.45) is 0. The van der Waals surface area contributed by atoms with Gasteiger partial charge in [-0.1, -0.05) is 6.07 Å². The third-order valence-corrected chi connectivity index (χ3v) is 2.99. The van der Waals surface area contributed by atoms with E-state index in [1.54, 1.807) is 30.3 Å².